The van der Waals surface area contributed by atoms with E-state index in [1.807, 2.05) is 70.2 Å². The number of hydrogen-bond donors (Lipinski definition) is 1. The van der Waals surface area contributed by atoms with Crippen LogP contribution in [0.15, 0.2) is 46.8 Å². The lowest BCUT2D eigenvalue weighted by Crippen LogP contribution is -2.38. The van der Waals surface area contributed by atoms with Crippen molar-refractivity contribution in [2.24, 2.45) is 5.73 Å². The first kappa shape index (κ1) is 21.4. The highest BCUT2D eigenvalue weighted by Gasteiger charge is 2.32. The molecule has 0 unspecified atom stereocenters. The van der Waals surface area contributed by atoms with Gasteiger partial charge >= 0.3 is 0 Å². The van der Waals surface area contributed by atoms with Crippen molar-refractivity contribution < 1.29 is 0 Å². The van der Waals surface area contributed by atoms with Gasteiger partial charge in [-0.1, -0.05) is 36.4 Å². The summed E-state index contributed by atoms with van der Waals surface area (Å²) in [7, 11) is 0. The molecular formula is C26H22N4OS. The van der Waals surface area contributed by atoms with Gasteiger partial charge < -0.3 is 5.73 Å². The average molecular weight is 439 g/mol. The van der Waals surface area contributed by atoms with Gasteiger partial charge in [-0.25, -0.2) is 0 Å². The second-order valence-corrected chi connectivity index (χ2v) is 9.14. The molecular weight excluding hydrogens is 416 g/mol. The maximum Gasteiger partial charge on any atom is 0.274 e. The number of hydrogen-bond acceptors (Lipinski definition) is 5. The van der Waals surface area contributed by atoms with E-state index >= 15 is 0 Å². The van der Waals surface area contributed by atoms with Crippen LogP contribution in [0.5, 0.6) is 0 Å². The van der Waals surface area contributed by atoms with Crippen LogP contribution in [0.1, 0.15) is 39.3 Å². The van der Waals surface area contributed by atoms with Gasteiger partial charge in [0.15, 0.2) is 0 Å². The Morgan fingerprint density at radius 2 is 1.56 bits per heavy atom. The van der Waals surface area contributed by atoms with Crippen LogP contribution < -0.4 is 20.5 Å². The van der Waals surface area contributed by atoms with Crippen LogP contribution in [0, 0.1) is 50.4 Å². The molecule has 1 aliphatic heterocycles. The number of nitrogens with zero attached hydrogens (tertiary/aromatic N) is 3. The standard InChI is InChI=1S/C26H22N4OS/c1-14-5-7-18(9-16(14)3)11-22-25(31)30-24(29)20(12-27)23(21(13-28)26(30)32-22)19-8-6-15(2)17(4)10-19/h5-11,23H,29H2,1-4H3/b22-11-/t23-/m0/s1. The Bertz CT molecular complexity index is 1570. The molecule has 0 bridgehead atoms. The van der Waals surface area contributed by atoms with E-state index in [0.717, 1.165) is 27.8 Å². The van der Waals surface area contributed by atoms with Gasteiger partial charge in [0.05, 0.1) is 33.7 Å². The van der Waals surface area contributed by atoms with Crippen molar-refractivity contribution in [2.75, 3.05) is 0 Å². The van der Waals surface area contributed by atoms with Gasteiger partial charge in [-0.2, -0.15) is 10.5 Å². The first-order valence-corrected chi connectivity index (χ1v) is 11.0. The quantitative estimate of drug-likeness (QED) is 0.665. The van der Waals surface area contributed by atoms with Gasteiger partial charge in [0, 0.05) is 0 Å². The molecule has 1 atom stereocenters. The van der Waals surface area contributed by atoms with Crippen LogP contribution in [0.4, 0.5) is 0 Å². The minimum atomic E-state index is -0.600. The van der Waals surface area contributed by atoms with Gasteiger partial charge in [0.2, 0.25) is 0 Å². The molecule has 6 heteroatoms. The normalized spacial score (nSPS) is 16.0. The molecule has 158 valence electrons. The Hall–Kier alpha value is -3.87. The summed E-state index contributed by atoms with van der Waals surface area (Å²) in [5.41, 5.74) is 12.8. The van der Waals surface area contributed by atoms with Crippen molar-refractivity contribution in [1.82, 2.24) is 4.57 Å². The summed E-state index contributed by atoms with van der Waals surface area (Å²) in [5.74, 6) is -0.512. The number of aromatic nitrogens is 1. The summed E-state index contributed by atoms with van der Waals surface area (Å²) in [4.78, 5) is 13.2. The van der Waals surface area contributed by atoms with E-state index in [2.05, 4.69) is 12.1 Å². The minimum absolute atomic E-state index is 0.0886. The molecule has 1 aliphatic rings. The molecule has 0 saturated carbocycles. The van der Waals surface area contributed by atoms with Crippen molar-refractivity contribution in [2.45, 2.75) is 33.6 Å². The number of thiazole rings is 1. The average Bonchev–Trinajstić information content (AvgIpc) is 3.08. The zero-order valence-electron chi connectivity index (χ0n) is 18.4. The van der Waals surface area contributed by atoms with Crippen LogP contribution in [-0.4, -0.2) is 4.57 Å². The lowest BCUT2D eigenvalue weighted by atomic mass is 9.83. The fourth-order valence-corrected chi connectivity index (χ4v) is 5.06. The second kappa shape index (κ2) is 8.00. The van der Waals surface area contributed by atoms with Crippen LogP contribution >= 0.6 is 11.3 Å². The molecule has 2 aromatic carbocycles. The Balaban J connectivity index is 2.04. The SMILES string of the molecule is Cc1ccc(/C=c2\sc3n(c2=O)C(N)=C(C#N)[C@H](c2ccc(C)c(C)c2)C=3C#N)cc1C. The third-order valence-electron chi connectivity index (χ3n) is 6.08. The fraction of sp³-hybridized carbons (Fsp3) is 0.192. The molecule has 32 heavy (non-hydrogen) atoms. The third-order valence-corrected chi connectivity index (χ3v) is 7.19. The lowest BCUT2D eigenvalue weighted by molar-refractivity contribution is 0.905. The smallest absolute Gasteiger partial charge is 0.274 e. The molecule has 5 nitrogen and oxygen atoms in total. The summed E-state index contributed by atoms with van der Waals surface area (Å²) in [5, 5.41) is 20.0. The molecule has 1 aromatic heterocycles. The van der Waals surface area contributed by atoms with E-state index in [1.54, 1.807) is 0 Å². The van der Waals surface area contributed by atoms with Crippen molar-refractivity contribution in [3.63, 3.8) is 0 Å². The van der Waals surface area contributed by atoms with Gasteiger partial charge in [-0.3, -0.25) is 9.36 Å². The molecule has 2 N–H and O–H groups in total. The van der Waals surface area contributed by atoms with E-state index in [0.29, 0.717) is 14.8 Å². The highest BCUT2D eigenvalue weighted by Crippen LogP contribution is 2.36. The molecule has 0 aliphatic carbocycles. The van der Waals surface area contributed by atoms with Crippen molar-refractivity contribution in [3.8, 4) is 12.1 Å². The number of rotatable bonds is 2. The predicted molar refractivity (Wildman–Crippen MR) is 128 cm³/mol. The van der Waals surface area contributed by atoms with Gasteiger partial charge in [-0.15, -0.1) is 11.3 Å². The number of nitrogens with two attached hydrogens (primary N) is 1. The number of aryl methyl sites for hydroxylation is 4. The molecule has 0 radical (unpaired) electrons. The minimum Gasteiger partial charge on any atom is -0.384 e. The first-order valence-electron chi connectivity index (χ1n) is 10.2. The van der Waals surface area contributed by atoms with Gasteiger partial charge in [-0.05, 0) is 67.2 Å². The van der Waals surface area contributed by atoms with Crippen molar-refractivity contribution >= 4 is 28.8 Å². The van der Waals surface area contributed by atoms with Crippen LogP contribution in [0.25, 0.3) is 17.5 Å². The molecule has 2 heterocycles. The second-order valence-electron chi connectivity index (χ2n) is 8.11. The number of nitriles is 2. The van der Waals surface area contributed by atoms with E-state index in [1.165, 1.54) is 21.5 Å². The number of allylic oxidation sites excluding steroid dienone is 1. The Kier molecular flexibility index (Phi) is 5.34. The zero-order chi connectivity index (χ0) is 23.2. The molecule has 4 rings (SSSR count). The van der Waals surface area contributed by atoms with Crippen molar-refractivity contribution in [1.29, 1.82) is 10.5 Å². The summed E-state index contributed by atoms with van der Waals surface area (Å²) < 4.78 is 2.26. The molecule has 0 saturated heterocycles. The summed E-state index contributed by atoms with van der Waals surface area (Å²) >= 11 is 1.23. The number of benzene rings is 2. The maximum absolute atomic E-state index is 13.2. The first-order chi connectivity index (χ1) is 15.3. The summed E-state index contributed by atoms with van der Waals surface area (Å²) in [6, 6.07) is 16.3. The van der Waals surface area contributed by atoms with E-state index in [9.17, 15) is 15.3 Å². The maximum atomic E-state index is 13.2. The third kappa shape index (κ3) is 3.36. The molecule has 0 fully saturated rings. The molecule has 3 aromatic rings. The van der Waals surface area contributed by atoms with E-state index in [4.69, 9.17) is 5.73 Å². The Morgan fingerprint density at radius 3 is 2.16 bits per heavy atom. The van der Waals surface area contributed by atoms with Crippen LogP contribution in [0.3, 0.4) is 0 Å². The number of fused-ring (bicyclic) bond motifs is 1. The highest BCUT2D eigenvalue weighted by atomic mass is 32.1. The zero-order valence-corrected chi connectivity index (χ0v) is 19.2. The topological polar surface area (TPSA) is 95.6 Å². The lowest BCUT2D eigenvalue weighted by Gasteiger charge is -2.22. The van der Waals surface area contributed by atoms with Gasteiger partial charge in [0.1, 0.15) is 10.5 Å². The van der Waals surface area contributed by atoms with Crippen molar-refractivity contribution in [3.05, 3.63) is 94.9 Å². The molecule has 0 spiro atoms. The van der Waals surface area contributed by atoms with E-state index < -0.39 is 5.92 Å². The highest BCUT2D eigenvalue weighted by molar-refractivity contribution is 7.07. The van der Waals surface area contributed by atoms with Crippen LogP contribution in [-0.2, 0) is 0 Å². The Morgan fingerprint density at radius 1 is 0.938 bits per heavy atom. The van der Waals surface area contributed by atoms with Crippen LogP contribution in [0.2, 0.25) is 0 Å². The fourth-order valence-electron chi connectivity index (χ4n) is 3.93. The van der Waals surface area contributed by atoms with Gasteiger partial charge in [0.25, 0.3) is 5.56 Å². The van der Waals surface area contributed by atoms with E-state index in [-0.39, 0.29) is 17.0 Å². The largest absolute Gasteiger partial charge is 0.384 e. The predicted octanol–water partition coefficient (Wildman–Crippen LogP) is 3.09. The Labute approximate surface area is 190 Å². The molecule has 0 amide bonds. The summed E-state index contributed by atoms with van der Waals surface area (Å²) in [6.07, 6.45) is 1.81. The monoisotopic (exact) mass is 438 g/mol. The summed E-state index contributed by atoms with van der Waals surface area (Å²) in [6.45, 7) is 8.06.